The van der Waals surface area contributed by atoms with E-state index < -0.39 is 0 Å². The van der Waals surface area contributed by atoms with Crippen LogP contribution in [0.5, 0.6) is 0 Å². The Labute approximate surface area is 138 Å². The number of nitrogens with two attached hydrogens (primary N) is 1. The van der Waals surface area contributed by atoms with E-state index >= 15 is 0 Å². The zero-order valence-corrected chi connectivity index (χ0v) is 15.2. The molecule has 0 bridgehead atoms. The van der Waals surface area contributed by atoms with Gasteiger partial charge in [-0.25, -0.2) is 0 Å². The molecule has 0 amide bonds. The van der Waals surface area contributed by atoms with Crippen molar-refractivity contribution in [3.05, 3.63) is 28.2 Å². The lowest BCUT2D eigenvalue weighted by Crippen LogP contribution is -2.24. The minimum atomic E-state index is 0.206. The van der Waals surface area contributed by atoms with Gasteiger partial charge >= 0.3 is 0 Å². The molecule has 2 N–H and O–H groups in total. The van der Waals surface area contributed by atoms with Gasteiger partial charge < -0.3 is 10.6 Å². The van der Waals surface area contributed by atoms with E-state index in [4.69, 9.17) is 5.73 Å². The summed E-state index contributed by atoms with van der Waals surface area (Å²) in [5.41, 5.74) is 8.56. The van der Waals surface area contributed by atoms with E-state index in [0.29, 0.717) is 0 Å². The first-order valence-electron chi connectivity index (χ1n) is 8.26. The van der Waals surface area contributed by atoms with Gasteiger partial charge in [0.1, 0.15) is 0 Å². The van der Waals surface area contributed by atoms with Gasteiger partial charge in [-0.1, -0.05) is 35.8 Å². The quantitative estimate of drug-likeness (QED) is 0.857. The fraction of sp³-hybridized carbons (Fsp3) is 0.667. The summed E-state index contributed by atoms with van der Waals surface area (Å²) < 4.78 is 1.20. The first kappa shape index (κ1) is 16.8. The zero-order valence-electron chi connectivity index (χ0n) is 13.6. The Kier molecular flexibility index (Phi) is 6.12. The minimum Gasteiger partial charge on any atom is -0.371 e. The zero-order chi connectivity index (χ0) is 15.4. The maximum absolute atomic E-state index is 5.91. The van der Waals surface area contributed by atoms with Crippen molar-refractivity contribution in [2.75, 3.05) is 18.0 Å². The van der Waals surface area contributed by atoms with Gasteiger partial charge in [0.05, 0.1) is 0 Å². The Morgan fingerprint density at radius 1 is 1.24 bits per heavy atom. The molecule has 2 unspecified atom stereocenters. The van der Waals surface area contributed by atoms with Crippen LogP contribution < -0.4 is 10.6 Å². The molecule has 2 atom stereocenters. The molecule has 1 aromatic carbocycles. The van der Waals surface area contributed by atoms with Crippen molar-refractivity contribution in [1.82, 2.24) is 0 Å². The van der Waals surface area contributed by atoms with Crippen LogP contribution in [0.25, 0.3) is 0 Å². The van der Waals surface area contributed by atoms with E-state index in [1.807, 2.05) is 0 Å². The Morgan fingerprint density at radius 3 is 2.62 bits per heavy atom. The standard InChI is InChI=1S/C18H29BrN2/c1-13(2)15-5-4-9-21(10-8-15)17-7-6-16(11-14(3)20)18(19)12-17/h6-7,12-15H,4-5,8-11,20H2,1-3H3. The third kappa shape index (κ3) is 4.72. The highest BCUT2D eigenvalue weighted by atomic mass is 79.9. The molecule has 1 fully saturated rings. The molecule has 1 heterocycles. The molecule has 3 heteroatoms. The predicted molar refractivity (Wildman–Crippen MR) is 95.9 cm³/mol. The van der Waals surface area contributed by atoms with Crippen molar-refractivity contribution in [2.45, 2.75) is 52.5 Å². The van der Waals surface area contributed by atoms with Crippen molar-refractivity contribution in [3.63, 3.8) is 0 Å². The van der Waals surface area contributed by atoms with Crippen LogP contribution in [0.3, 0.4) is 0 Å². The highest BCUT2D eigenvalue weighted by Gasteiger charge is 2.20. The fourth-order valence-corrected chi connectivity index (χ4v) is 3.82. The van der Waals surface area contributed by atoms with Gasteiger partial charge in [-0.15, -0.1) is 0 Å². The molecule has 1 aliphatic rings. The maximum Gasteiger partial charge on any atom is 0.0377 e. The summed E-state index contributed by atoms with van der Waals surface area (Å²) in [6.07, 6.45) is 4.92. The van der Waals surface area contributed by atoms with Gasteiger partial charge in [-0.3, -0.25) is 0 Å². The predicted octanol–water partition coefficient (Wildman–Crippen LogP) is 4.60. The molecule has 1 aliphatic heterocycles. The molecule has 0 aromatic heterocycles. The summed E-state index contributed by atoms with van der Waals surface area (Å²) in [6, 6.07) is 6.97. The Hall–Kier alpha value is -0.540. The molecule has 0 saturated carbocycles. The summed E-state index contributed by atoms with van der Waals surface area (Å²) in [4.78, 5) is 2.54. The van der Waals surface area contributed by atoms with Gasteiger partial charge in [0.15, 0.2) is 0 Å². The minimum absolute atomic E-state index is 0.206. The van der Waals surface area contributed by atoms with Gasteiger partial charge in [0, 0.05) is 29.3 Å². The fourth-order valence-electron chi connectivity index (χ4n) is 3.29. The lowest BCUT2D eigenvalue weighted by molar-refractivity contribution is 0.351. The molecular formula is C18H29BrN2. The summed E-state index contributed by atoms with van der Waals surface area (Å²) in [7, 11) is 0. The maximum atomic E-state index is 5.91. The van der Waals surface area contributed by atoms with Gasteiger partial charge in [0.25, 0.3) is 0 Å². The number of nitrogens with zero attached hydrogens (tertiary/aromatic N) is 1. The number of benzene rings is 1. The van der Waals surface area contributed by atoms with E-state index in [-0.39, 0.29) is 6.04 Å². The van der Waals surface area contributed by atoms with Gasteiger partial charge in [-0.2, -0.15) is 0 Å². The largest absolute Gasteiger partial charge is 0.371 e. The van der Waals surface area contributed by atoms with Crippen molar-refractivity contribution in [2.24, 2.45) is 17.6 Å². The first-order chi connectivity index (χ1) is 9.97. The van der Waals surface area contributed by atoms with Crippen LogP contribution in [0.15, 0.2) is 22.7 Å². The molecule has 2 nitrogen and oxygen atoms in total. The van der Waals surface area contributed by atoms with Crippen molar-refractivity contribution in [1.29, 1.82) is 0 Å². The third-order valence-corrected chi connectivity index (χ3v) is 5.40. The topological polar surface area (TPSA) is 29.3 Å². The molecule has 0 radical (unpaired) electrons. The average molecular weight is 353 g/mol. The lowest BCUT2D eigenvalue weighted by Gasteiger charge is -2.24. The van der Waals surface area contributed by atoms with E-state index in [0.717, 1.165) is 18.3 Å². The lowest BCUT2D eigenvalue weighted by atomic mass is 9.89. The van der Waals surface area contributed by atoms with Crippen LogP contribution in [0.1, 0.15) is 45.6 Å². The second-order valence-electron chi connectivity index (χ2n) is 6.88. The van der Waals surface area contributed by atoms with Gasteiger partial charge in [0.2, 0.25) is 0 Å². The normalized spacial score (nSPS) is 21.4. The van der Waals surface area contributed by atoms with E-state index in [1.54, 1.807) is 0 Å². The monoisotopic (exact) mass is 352 g/mol. The molecule has 1 aromatic rings. The van der Waals surface area contributed by atoms with E-state index in [1.165, 1.54) is 48.1 Å². The molecule has 2 rings (SSSR count). The van der Waals surface area contributed by atoms with Crippen LogP contribution in [0.4, 0.5) is 5.69 Å². The van der Waals surface area contributed by atoms with E-state index in [2.05, 4.69) is 59.8 Å². The summed E-state index contributed by atoms with van der Waals surface area (Å²) in [5.74, 6) is 1.70. The number of anilines is 1. The molecule has 0 spiro atoms. The summed E-state index contributed by atoms with van der Waals surface area (Å²) in [6.45, 7) is 9.14. The Balaban J connectivity index is 2.06. The number of rotatable bonds is 4. The highest BCUT2D eigenvalue weighted by molar-refractivity contribution is 9.10. The SMILES string of the molecule is CC(N)Cc1ccc(N2CCCC(C(C)C)CC2)cc1Br. The molecule has 21 heavy (non-hydrogen) atoms. The Morgan fingerprint density at radius 2 is 2.00 bits per heavy atom. The second kappa shape index (κ2) is 7.64. The first-order valence-corrected chi connectivity index (χ1v) is 9.05. The molecule has 1 saturated heterocycles. The van der Waals surface area contributed by atoms with E-state index in [9.17, 15) is 0 Å². The smallest absolute Gasteiger partial charge is 0.0377 e. The van der Waals surface area contributed by atoms with Crippen molar-refractivity contribution >= 4 is 21.6 Å². The van der Waals surface area contributed by atoms with Crippen LogP contribution in [-0.4, -0.2) is 19.1 Å². The average Bonchev–Trinajstić information content (AvgIpc) is 2.66. The van der Waals surface area contributed by atoms with Crippen LogP contribution in [-0.2, 0) is 6.42 Å². The van der Waals surface area contributed by atoms with Crippen LogP contribution in [0.2, 0.25) is 0 Å². The second-order valence-corrected chi connectivity index (χ2v) is 7.73. The number of hydrogen-bond acceptors (Lipinski definition) is 2. The van der Waals surface area contributed by atoms with Crippen molar-refractivity contribution < 1.29 is 0 Å². The van der Waals surface area contributed by atoms with Crippen LogP contribution >= 0.6 is 15.9 Å². The van der Waals surface area contributed by atoms with Crippen molar-refractivity contribution in [3.8, 4) is 0 Å². The molecule has 0 aliphatic carbocycles. The van der Waals surface area contributed by atoms with Gasteiger partial charge in [-0.05, 0) is 62.1 Å². The van der Waals surface area contributed by atoms with Crippen LogP contribution in [0, 0.1) is 11.8 Å². The highest BCUT2D eigenvalue weighted by Crippen LogP contribution is 2.30. The Bertz CT molecular complexity index is 457. The summed E-state index contributed by atoms with van der Waals surface area (Å²) >= 11 is 3.71. The molecule has 118 valence electrons. The molecular weight excluding hydrogens is 324 g/mol. The number of halogens is 1. The summed E-state index contributed by atoms with van der Waals surface area (Å²) in [5, 5.41) is 0. The third-order valence-electron chi connectivity index (χ3n) is 4.66. The number of hydrogen-bond donors (Lipinski definition) is 1.